The summed E-state index contributed by atoms with van der Waals surface area (Å²) >= 11 is 2.94. The Morgan fingerprint density at radius 2 is 1.87 bits per heavy atom. The molecule has 8 nitrogen and oxygen atoms in total. The fourth-order valence-electron chi connectivity index (χ4n) is 5.63. The third-order valence-electron chi connectivity index (χ3n) is 7.55. The van der Waals surface area contributed by atoms with Gasteiger partial charge in [0.1, 0.15) is 17.1 Å². The highest BCUT2D eigenvalue weighted by molar-refractivity contribution is 8.00. The molecule has 10 heteroatoms. The predicted octanol–water partition coefficient (Wildman–Crippen LogP) is 3.31. The number of fused-ring (bicyclic) bond motifs is 2. The van der Waals surface area contributed by atoms with Crippen molar-refractivity contribution < 1.29 is 19.5 Å². The predicted molar refractivity (Wildman–Crippen MR) is 149 cm³/mol. The van der Waals surface area contributed by atoms with E-state index in [0.29, 0.717) is 11.3 Å². The lowest BCUT2D eigenvalue weighted by Crippen LogP contribution is -2.70. The zero-order valence-corrected chi connectivity index (χ0v) is 22.6. The normalized spacial score (nSPS) is 25.2. The van der Waals surface area contributed by atoms with Crippen molar-refractivity contribution in [3.05, 3.63) is 65.4 Å². The van der Waals surface area contributed by atoms with Crippen LogP contribution in [0.4, 0.5) is 0 Å². The van der Waals surface area contributed by atoms with E-state index in [-0.39, 0.29) is 23.3 Å². The van der Waals surface area contributed by atoms with Gasteiger partial charge in [0.05, 0.1) is 5.75 Å². The lowest BCUT2D eigenvalue weighted by Gasteiger charge is -2.49. The van der Waals surface area contributed by atoms with E-state index in [1.54, 1.807) is 0 Å². The molecule has 0 bridgehead atoms. The van der Waals surface area contributed by atoms with E-state index in [4.69, 9.17) is 0 Å². The number of carboxylic acids is 1. The van der Waals surface area contributed by atoms with Crippen molar-refractivity contribution in [1.82, 2.24) is 20.2 Å². The second-order valence-corrected chi connectivity index (χ2v) is 12.2. The third-order valence-corrected chi connectivity index (χ3v) is 9.84. The van der Waals surface area contributed by atoms with Gasteiger partial charge in [0.15, 0.2) is 0 Å². The van der Waals surface area contributed by atoms with Crippen molar-refractivity contribution in [3.63, 3.8) is 0 Å². The Morgan fingerprint density at radius 3 is 2.66 bits per heavy atom. The number of carbonyl (C=O) groups excluding carboxylic acids is 2. The first-order valence-corrected chi connectivity index (χ1v) is 15.0. The van der Waals surface area contributed by atoms with E-state index in [9.17, 15) is 19.5 Å². The highest BCUT2D eigenvalue weighted by Gasteiger charge is 2.54. The molecule has 4 heterocycles. The standard InChI is InChI=1S/C28H30N4O4S2/c33-23(17-37-22-8-7-19-5-1-2-6-20(19)14-22)29-24-26(34)32-25(28(35)36)21(16-38-27(24)32)13-18-9-12-31(15-18)30-10-3-4-11-30/h1-2,5-8,13-14,24,27H,3-4,9-12,15-17H2,(H,29,33)(H,35,36). The number of benzene rings is 2. The summed E-state index contributed by atoms with van der Waals surface area (Å²) in [5, 5.41) is 19.5. The van der Waals surface area contributed by atoms with Gasteiger partial charge >= 0.3 is 5.97 Å². The quantitative estimate of drug-likeness (QED) is 0.401. The van der Waals surface area contributed by atoms with Crippen LogP contribution in [0.25, 0.3) is 10.8 Å². The number of amides is 2. The molecule has 4 aliphatic heterocycles. The molecule has 3 fully saturated rings. The molecule has 2 N–H and O–H groups in total. The van der Waals surface area contributed by atoms with Crippen LogP contribution in [0.5, 0.6) is 0 Å². The first-order valence-electron chi connectivity index (χ1n) is 13.0. The lowest BCUT2D eigenvalue weighted by atomic mass is 10.0. The molecule has 0 aliphatic carbocycles. The number of rotatable bonds is 7. The highest BCUT2D eigenvalue weighted by Crippen LogP contribution is 2.41. The van der Waals surface area contributed by atoms with E-state index in [0.717, 1.165) is 48.3 Å². The number of hydrogen-bond acceptors (Lipinski definition) is 7. The molecular weight excluding hydrogens is 520 g/mol. The number of hydrazine groups is 1. The van der Waals surface area contributed by atoms with Crippen LogP contribution in [-0.2, 0) is 14.4 Å². The summed E-state index contributed by atoms with van der Waals surface area (Å²) < 4.78 is 0. The van der Waals surface area contributed by atoms with Gasteiger partial charge in [-0.05, 0) is 47.7 Å². The van der Waals surface area contributed by atoms with Gasteiger partial charge in [0.2, 0.25) is 5.91 Å². The molecule has 2 amide bonds. The minimum absolute atomic E-state index is 0.0573. The number of β-lactam (4-membered cyclic amide) rings is 1. The zero-order chi connectivity index (χ0) is 26.2. The Labute approximate surface area is 230 Å². The number of thioether (sulfide) groups is 2. The summed E-state index contributed by atoms with van der Waals surface area (Å²) in [5.74, 6) is -0.997. The average molecular weight is 551 g/mol. The number of hydrogen-bond donors (Lipinski definition) is 2. The van der Waals surface area contributed by atoms with Gasteiger partial charge in [-0.15, -0.1) is 23.5 Å². The topological polar surface area (TPSA) is 93.2 Å². The SMILES string of the molecule is O=C(CSc1ccc2ccccc2c1)NC1C(=O)N2C(C(=O)O)=C(C=C3CCN(N4CCCC4)C3)CSC12. The summed E-state index contributed by atoms with van der Waals surface area (Å²) in [6, 6.07) is 13.4. The zero-order valence-electron chi connectivity index (χ0n) is 21.0. The van der Waals surface area contributed by atoms with Crippen LogP contribution in [0.2, 0.25) is 0 Å². The van der Waals surface area contributed by atoms with Crippen molar-refractivity contribution in [1.29, 1.82) is 0 Å². The van der Waals surface area contributed by atoms with Crippen LogP contribution in [0, 0.1) is 0 Å². The molecule has 0 saturated carbocycles. The third kappa shape index (κ3) is 4.98. The number of nitrogens with zero attached hydrogens (tertiary/aromatic N) is 3. The minimum atomic E-state index is -1.10. The molecular formula is C28H30N4O4S2. The summed E-state index contributed by atoms with van der Waals surface area (Å²) in [6.45, 7) is 3.94. The first kappa shape index (κ1) is 25.5. The second kappa shape index (κ2) is 10.8. The molecule has 2 aromatic rings. The summed E-state index contributed by atoms with van der Waals surface area (Å²) in [6.07, 6.45) is 5.34. The Balaban J connectivity index is 1.09. The Kier molecular flexibility index (Phi) is 7.22. The maximum atomic E-state index is 13.0. The number of allylic oxidation sites excluding steroid dienone is 1. The number of carbonyl (C=O) groups is 3. The van der Waals surface area contributed by atoms with Gasteiger partial charge in [0, 0.05) is 36.8 Å². The minimum Gasteiger partial charge on any atom is -0.477 e. The molecule has 6 rings (SSSR count). The molecule has 0 aromatic heterocycles. The highest BCUT2D eigenvalue weighted by atomic mass is 32.2. The molecule has 198 valence electrons. The van der Waals surface area contributed by atoms with E-state index < -0.39 is 17.4 Å². The average Bonchev–Trinajstić information content (AvgIpc) is 3.62. The van der Waals surface area contributed by atoms with Crippen molar-refractivity contribution >= 4 is 52.1 Å². The number of carboxylic acid groups (broad SMARTS) is 1. The Hall–Kier alpha value is -2.79. The molecule has 2 atom stereocenters. The second-order valence-electron chi connectivity index (χ2n) is 10.0. The number of nitrogens with one attached hydrogen (secondary N) is 1. The van der Waals surface area contributed by atoms with Crippen molar-refractivity contribution in [2.75, 3.05) is 37.7 Å². The Morgan fingerprint density at radius 1 is 1.08 bits per heavy atom. The van der Waals surface area contributed by atoms with E-state index in [2.05, 4.69) is 21.4 Å². The van der Waals surface area contributed by atoms with Gasteiger partial charge in [0.25, 0.3) is 5.91 Å². The summed E-state index contributed by atoms with van der Waals surface area (Å²) in [7, 11) is 0. The molecule has 2 aromatic carbocycles. The van der Waals surface area contributed by atoms with Crippen LogP contribution in [0.15, 0.2) is 70.3 Å². The molecule has 3 saturated heterocycles. The molecule has 0 radical (unpaired) electrons. The van der Waals surface area contributed by atoms with Crippen LogP contribution in [-0.4, -0.2) is 86.9 Å². The van der Waals surface area contributed by atoms with E-state index in [1.807, 2.05) is 42.5 Å². The van der Waals surface area contributed by atoms with Gasteiger partial charge in [-0.3, -0.25) is 14.5 Å². The summed E-state index contributed by atoms with van der Waals surface area (Å²) in [4.78, 5) is 40.3. The lowest BCUT2D eigenvalue weighted by molar-refractivity contribution is -0.150. The van der Waals surface area contributed by atoms with Gasteiger partial charge in [-0.1, -0.05) is 42.0 Å². The largest absolute Gasteiger partial charge is 0.477 e. The molecule has 0 spiro atoms. The Bertz CT molecular complexity index is 1350. The van der Waals surface area contributed by atoms with Gasteiger partial charge < -0.3 is 10.4 Å². The monoisotopic (exact) mass is 550 g/mol. The smallest absolute Gasteiger partial charge is 0.352 e. The van der Waals surface area contributed by atoms with Crippen molar-refractivity contribution in [2.24, 2.45) is 0 Å². The maximum Gasteiger partial charge on any atom is 0.352 e. The van der Waals surface area contributed by atoms with Crippen molar-refractivity contribution in [2.45, 2.75) is 35.6 Å². The van der Waals surface area contributed by atoms with E-state index >= 15 is 0 Å². The van der Waals surface area contributed by atoms with Crippen LogP contribution < -0.4 is 5.32 Å². The molecule has 38 heavy (non-hydrogen) atoms. The van der Waals surface area contributed by atoms with Crippen molar-refractivity contribution in [3.8, 4) is 0 Å². The molecule has 4 aliphatic rings. The van der Waals surface area contributed by atoms with Crippen LogP contribution >= 0.6 is 23.5 Å². The van der Waals surface area contributed by atoms with Crippen LogP contribution in [0.3, 0.4) is 0 Å². The van der Waals surface area contributed by atoms with Gasteiger partial charge in [-0.2, -0.15) is 0 Å². The molecule has 2 unspecified atom stereocenters. The maximum absolute atomic E-state index is 13.0. The van der Waals surface area contributed by atoms with E-state index in [1.165, 1.54) is 46.8 Å². The summed E-state index contributed by atoms with van der Waals surface area (Å²) in [5.41, 5.74) is 1.94. The van der Waals surface area contributed by atoms with Crippen LogP contribution in [0.1, 0.15) is 19.3 Å². The van der Waals surface area contributed by atoms with Gasteiger partial charge in [-0.25, -0.2) is 14.8 Å². The fraction of sp³-hybridized carbons (Fsp3) is 0.393. The fourth-order valence-corrected chi connectivity index (χ4v) is 7.69. The number of aliphatic carboxylic acids is 1. The first-order chi connectivity index (χ1) is 18.5.